The van der Waals surface area contributed by atoms with Gasteiger partial charge in [-0.2, -0.15) is 0 Å². The molecule has 0 atom stereocenters. The summed E-state index contributed by atoms with van der Waals surface area (Å²) in [6.45, 7) is 0. The van der Waals surface area contributed by atoms with Crippen LogP contribution in [0.25, 0.3) is 0 Å². The Morgan fingerprint density at radius 2 is 1.19 bits per heavy atom. The van der Waals surface area contributed by atoms with Crippen LogP contribution in [-0.2, 0) is 11.5 Å². The summed E-state index contributed by atoms with van der Waals surface area (Å²) in [6, 6.07) is 8.22. The van der Waals surface area contributed by atoms with Gasteiger partial charge < -0.3 is 0 Å². The molecule has 4 nitrogen and oxygen atoms in total. The molecule has 0 heterocycles. The lowest BCUT2D eigenvalue weighted by molar-refractivity contribution is -0.110. The van der Waals surface area contributed by atoms with Crippen molar-refractivity contribution < 1.29 is 10.8 Å². The first-order chi connectivity index (χ1) is 7.58. The van der Waals surface area contributed by atoms with Gasteiger partial charge in [-0.25, -0.2) is 0 Å². The standard InChI is InChI=1S/C10H14N4S2/c11-9(12)15-5-7-1-2-8(4-3-7)6-16-10(13)14/h1-4H,5-6H2,(H3,11,12)(H3,13,14)/p+2. The Hall–Kier alpha value is -1.14. The minimum atomic E-state index is 0.394. The van der Waals surface area contributed by atoms with Crippen LogP contribution in [0, 0.1) is 0 Å². The fraction of sp³-hybridized carbons (Fsp3) is 0.200. The third-order valence-corrected chi connectivity index (χ3v) is 3.46. The van der Waals surface area contributed by atoms with Crippen molar-refractivity contribution in [1.29, 1.82) is 0 Å². The molecule has 1 aromatic carbocycles. The molecule has 0 unspecified atom stereocenters. The van der Waals surface area contributed by atoms with Gasteiger partial charge in [0.05, 0.1) is 0 Å². The van der Waals surface area contributed by atoms with Crippen molar-refractivity contribution in [2.24, 2.45) is 11.5 Å². The third-order valence-electron chi connectivity index (χ3n) is 1.83. The van der Waals surface area contributed by atoms with Crippen molar-refractivity contribution in [3.8, 4) is 0 Å². The molecule has 0 fully saturated rings. The smallest absolute Gasteiger partial charge is 0.282 e. The van der Waals surface area contributed by atoms with Crippen LogP contribution < -0.4 is 22.3 Å². The number of hydrogen-bond acceptors (Lipinski definition) is 2. The molecule has 86 valence electrons. The van der Waals surface area contributed by atoms with Crippen LogP contribution in [0.1, 0.15) is 11.1 Å². The Balaban J connectivity index is 2.47. The molecule has 0 spiro atoms. The summed E-state index contributed by atoms with van der Waals surface area (Å²) < 4.78 is 0. The summed E-state index contributed by atoms with van der Waals surface area (Å²) in [5.41, 5.74) is 13.1. The zero-order valence-corrected chi connectivity index (χ0v) is 10.5. The van der Waals surface area contributed by atoms with E-state index < -0.39 is 0 Å². The Morgan fingerprint density at radius 3 is 1.44 bits per heavy atom. The second kappa shape index (κ2) is 6.44. The van der Waals surface area contributed by atoms with Crippen LogP contribution in [0.4, 0.5) is 0 Å². The highest BCUT2D eigenvalue weighted by Crippen LogP contribution is 2.15. The molecule has 16 heavy (non-hydrogen) atoms. The maximum absolute atomic E-state index is 5.37. The van der Waals surface area contributed by atoms with E-state index in [0.717, 1.165) is 11.5 Å². The predicted molar refractivity (Wildman–Crippen MR) is 71.3 cm³/mol. The molecule has 0 aliphatic rings. The van der Waals surface area contributed by atoms with Crippen molar-refractivity contribution in [2.45, 2.75) is 11.5 Å². The normalized spacial score (nSPS) is 10.0. The van der Waals surface area contributed by atoms with E-state index in [0.29, 0.717) is 10.3 Å². The Kier molecular flexibility index (Phi) is 5.21. The van der Waals surface area contributed by atoms with Gasteiger partial charge in [0.1, 0.15) is 0 Å². The van der Waals surface area contributed by atoms with Crippen LogP contribution in [0.15, 0.2) is 24.3 Å². The number of benzene rings is 1. The first-order valence-electron chi connectivity index (χ1n) is 4.67. The van der Waals surface area contributed by atoms with E-state index >= 15 is 0 Å². The largest absolute Gasteiger partial charge is 0.300 e. The van der Waals surface area contributed by atoms with Crippen molar-refractivity contribution in [3.05, 3.63) is 35.4 Å². The highest BCUT2D eigenvalue weighted by atomic mass is 32.2. The van der Waals surface area contributed by atoms with Gasteiger partial charge in [0, 0.05) is 11.5 Å². The van der Waals surface area contributed by atoms with E-state index in [-0.39, 0.29) is 0 Å². The van der Waals surface area contributed by atoms with Crippen molar-refractivity contribution in [3.63, 3.8) is 0 Å². The molecule has 0 radical (unpaired) electrons. The maximum Gasteiger partial charge on any atom is 0.300 e. The van der Waals surface area contributed by atoms with E-state index in [2.05, 4.69) is 24.3 Å². The maximum atomic E-state index is 5.37. The second-order valence-electron chi connectivity index (χ2n) is 3.20. The first kappa shape index (κ1) is 12.9. The van der Waals surface area contributed by atoms with Crippen molar-refractivity contribution >= 4 is 33.9 Å². The molecule has 0 saturated heterocycles. The summed E-state index contributed by atoms with van der Waals surface area (Å²) in [5.74, 6) is 1.59. The van der Waals surface area contributed by atoms with Gasteiger partial charge in [-0.1, -0.05) is 24.3 Å². The Bertz CT molecular complexity index is 338. The molecule has 0 saturated carbocycles. The minimum Gasteiger partial charge on any atom is -0.282 e. The molecule has 0 amide bonds. The lowest BCUT2D eigenvalue weighted by Crippen LogP contribution is -2.43. The second-order valence-corrected chi connectivity index (χ2v) is 5.30. The van der Waals surface area contributed by atoms with Crippen molar-refractivity contribution in [1.82, 2.24) is 0 Å². The van der Waals surface area contributed by atoms with Crippen LogP contribution in [0.5, 0.6) is 0 Å². The Morgan fingerprint density at radius 1 is 0.875 bits per heavy atom. The summed E-state index contributed by atoms with van der Waals surface area (Å²) >= 11 is 2.86. The van der Waals surface area contributed by atoms with Crippen LogP contribution in [0.3, 0.4) is 0 Å². The van der Waals surface area contributed by atoms with Gasteiger partial charge in [0.15, 0.2) is 0 Å². The number of nitrogens with two attached hydrogens (primary N) is 4. The molecule has 1 rings (SSSR count). The van der Waals surface area contributed by atoms with Gasteiger partial charge in [-0.05, 0) is 34.7 Å². The summed E-state index contributed by atoms with van der Waals surface area (Å²) in [7, 11) is 0. The molecule has 6 heteroatoms. The van der Waals surface area contributed by atoms with Gasteiger partial charge in [0.25, 0.3) is 10.3 Å². The molecule has 0 bridgehead atoms. The minimum absolute atomic E-state index is 0.394. The lowest BCUT2D eigenvalue weighted by atomic mass is 10.2. The van der Waals surface area contributed by atoms with Gasteiger partial charge in [-0.15, -0.1) is 0 Å². The molecule has 0 aliphatic carbocycles. The van der Waals surface area contributed by atoms with E-state index in [1.807, 2.05) is 0 Å². The molecule has 1 aromatic rings. The molecular weight excluding hydrogens is 240 g/mol. The zero-order valence-electron chi connectivity index (χ0n) is 8.85. The van der Waals surface area contributed by atoms with Gasteiger partial charge >= 0.3 is 0 Å². The number of amidine groups is 2. The average molecular weight is 256 g/mol. The SMILES string of the molecule is NC(=[NH2+])SCc1ccc(CSC(N)=[NH2+])cc1. The van der Waals surface area contributed by atoms with Crippen molar-refractivity contribution in [2.75, 3.05) is 0 Å². The van der Waals surface area contributed by atoms with Gasteiger partial charge in [-0.3, -0.25) is 22.3 Å². The molecular formula is C10H16N4S2+2. The third kappa shape index (κ3) is 5.09. The topological polar surface area (TPSA) is 103 Å². The van der Waals surface area contributed by atoms with E-state index in [9.17, 15) is 0 Å². The summed E-state index contributed by atoms with van der Waals surface area (Å²) in [5, 5.41) is 11.5. The average Bonchev–Trinajstić information content (AvgIpc) is 2.25. The lowest BCUT2D eigenvalue weighted by Gasteiger charge is -2.01. The predicted octanol–water partition coefficient (Wildman–Crippen LogP) is -1.70. The van der Waals surface area contributed by atoms with E-state index in [1.165, 1.54) is 34.7 Å². The first-order valence-corrected chi connectivity index (χ1v) is 6.64. The summed E-state index contributed by atoms with van der Waals surface area (Å²) in [6.07, 6.45) is 0. The van der Waals surface area contributed by atoms with E-state index in [4.69, 9.17) is 22.3 Å². The van der Waals surface area contributed by atoms with E-state index in [1.54, 1.807) is 0 Å². The van der Waals surface area contributed by atoms with Crippen LogP contribution in [0.2, 0.25) is 0 Å². The molecule has 0 aliphatic heterocycles. The Labute approximate surface area is 103 Å². The fourth-order valence-corrected chi connectivity index (χ4v) is 2.12. The highest BCUT2D eigenvalue weighted by Gasteiger charge is 2.01. The van der Waals surface area contributed by atoms with Crippen LogP contribution >= 0.6 is 23.5 Å². The van der Waals surface area contributed by atoms with Gasteiger partial charge in [0.2, 0.25) is 0 Å². The number of thioether (sulfide) groups is 2. The highest BCUT2D eigenvalue weighted by molar-refractivity contribution is 8.13. The number of hydrogen-bond donors (Lipinski definition) is 4. The quantitative estimate of drug-likeness (QED) is 0.381. The fourth-order valence-electron chi connectivity index (χ4n) is 1.07. The molecule has 8 N–H and O–H groups in total. The van der Waals surface area contributed by atoms with Crippen LogP contribution in [-0.4, -0.2) is 10.3 Å². The number of rotatable bonds is 4. The summed E-state index contributed by atoms with van der Waals surface area (Å²) in [4.78, 5) is 0. The molecule has 0 aromatic heterocycles. The zero-order chi connectivity index (χ0) is 12.0. The monoisotopic (exact) mass is 256 g/mol.